The molecule has 2 heterocycles. The van der Waals surface area contributed by atoms with Gasteiger partial charge in [-0.2, -0.15) is 10.5 Å². The smallest absolute Gasteiger partial charge is 0.186 e. The molecular weight excluding hydrogens is 490 g/mol. The fourth-order valence-electron chi connectivity index (χ4n) is 5.11. The maximum Gasteiger partial charge on any atom is 0.186 e. The Kier molecular flexibility index (Phi) is 5.40. The molecule has 0 aromatic heterocycles. The molecule has 0 aliphatic carbocycles. The second-order valence-electron chi connectivity index (χ2n) is 8.37. The van der Waals surface area contributed by atoms with Crippen molar-refractivity contribution in [2.75, 3.05) is 4.90 Å². The number of anilines is 1. The predicted molar refractivity (Wildman–Crippen MR) is 132 cm³/mol. The van der Waals surface area contributed by atoms with Crippen molar-refractivity contribution in [1.29, 1.82) is 10.5 Å². The van der Waals surface area contributed by atoms with Crippen molar-refractivity contribution in [2.24, 2.45) is 11.3 Å². The average Bonchev–Trinajstić information content (AvgIpc) is 3.19. The van der Waals surface area contributed by atoms with Gasteiger partial charge in [0.1, 0.15) is 12.0 Å². The van der Waals surface area contributed by atoms with Crippen molar-refractivity contribution in [3.8, 4) is 12.1 Å². The lowest BCUT2D eigenvalue weighted by Crippen LogP contribution is -2.46. The third-order valence-electron chi connectivity index (χ3n) is 6.68. The number of hydrogen-bond donors (Lipinski definition) is 0. The number of para-hydroxylation sites is 1. The Morgan fingerprint density at radius 3 is 2.24 bits per heavy atom. The highest BCUT2D eigenvalue weighted by atomic mass is 79.9. The molecule has 1 saturated heterocycles. The van der Waals surface area contributed by atoms with Crippen LogP contribution in [0.2, 0.25) is 0 Å². The predicted octanol–water partition coefficient (Wildman–Crippen LogP) is 5.45. The molecule has 2 aliphatic rings. The first-order chi connectivity index (χ1) is 16.5. The minimum absolute atomic E-state index is 0.299. The Balaban J connectivity index is 1.74. The zero-order chi connectivity index (χ0) is 23.9. The van der Waals surface area contributed by atoms with Gasteiger partial charge in [0, 0.05) is 21.3 Å². The van der Waals surface area contributed by atoms with Crippen LogP contribution in [-0.2, 0) is 0 Å². The van der Waals surface area contributed by atoms with Crippen molar-refractivity contribution >= 4 is 39.3 Å². The normalized spacial score (nSPS) is 24.4. The van der Waals surface area contributed by atoms with Gasteiger partial charge >= 0.3 is 0 Å². The number of nitriles is 2. The van der Waals surface area contributed by atoms with E-state index in [1.54, 1.807) is 65.6 Å². The number of fused-ring (bicyclic) bond motifs is 3. The van der Waals surface area contributed by atoms with Crippen molar-refractivity contribution < 1.29 is 9.59 Å². The summed E-state index contributed by atoms with van der Waals surface area (Å²) in [5.74, 6) is -1.93. The third kappa shape index (κ3) is 3.11. The van der Waals surface area contributed by atoms with Gasteiger partial charge in [0.05, 0.1) is 18.2 Å². The number of ketones is 2. The lowest BCUT2D eigenvalue weighted by atomic mass is 9.67. The molecule has 3 aromatic rings. The minimum Gasteiger partial charge on any atom is -0.351 e. The summed E-state index contributed by atoms with van der Waals surface area (Å²) in [7, 11) is 0. The van der Waals surface area contributed by atoms with E-state index in [-0.39, 0.29) is 5.78 Å². The highest BCUT2D eigenvalue weighted by Gasteiger charge is 2.66. The number of benzene rings is 3. The van der Waals surface area contributed by atoms with Crippen LogP contribution in [0, 0.1) is 34.0 Å². The van der Waals surface area contributed by atoms with E-state index in [1.807, 2.05) is 30.3 Å². The van der Waals surface area contributed by atoms with Crippen LogP contribution in [0.25, 0.3) is 6.08 Å². The number of halogens is 1. The molecule has 1 fully saturated rings. The molecule has 2 aliphatic heterocycles. The fourth-order valence-corrected chi connectivity index (χ4v) is 5.38. The van der Waals surface area contributed by atoms with Crippen LogP contribution in [0.5, 0.6) is 0 Å². The average molecular weight is 508 g/mol. The van der Waals surface area contributed by atoms with Crippen molar-refractivity contribution in [3.05, 3.63) is 106 Å². The van der Waals surface area contributed by atoms with Gasteiger partial charge in [-0.05, 0) is 23.8 Å². The zero-order valence-electron chi connectivity index (χ0n) is 17.9. The molecular formula is C28H18BrN3O2. The molecule has 0 N–H and O–H groups in total. The summed E-state index contributed by atoms with van der Waals surface area (Å²) in [6.45, 7) is 0. The fraction of sp³-hybridized carbons (Fsp3) is 0.143. The van der Waals surface area contributed by atoms with E-state index in [0.717, 1.165) is 15.7 Å². The highest BCUT2D eigenvalue weighted by Crippen LogP contribution is 2.52. The molecule has 0 spiro atoms. The number of Topliss-reactive ketones (excluding diaryl/α,β-unsaturated/α-hetero) is 2. The number of hydrogen-bond acceptors (Lipinski definition) is 5. The number of nitrogens with zero attached hydrogens (tertiary/aromatic N) is 3. The Morgan fingerprint density at radius 1 is 0.882 bits per heavy atom. The number of rotatable bonds is 4. The summed E-state index contributed by atoms with van der Waals surface area (Å²) in [6.07, 6.45) is 3.65. The number of carbonyl (C=O) groups excluding carboxylic acids is 2. The molecule has 4 atom stereocenters. The van der Waals surface area contributed by atoms with Gasteiger partial charge in [-0.25, -0.2) is 0 Å². The summed E-state index contributed by atoms with van der Waals surface area (Å²) in [4.78, 5) is 29.6. The summed E-state index contributed by atoms with van der Waals surface area (Å²) in [5.41, 5.74) is 0.595. The molecule has 34 heavy (non-hydrogen) atoms. The van der Waals surface area contributed by atoms with E-state index in [2.05, 4.69) is 28.1 Å². The van der Waals surface area contributed by atoms with Gasteiger partial charge in [-0.1, -0.05) is 88.7 Å². The van der Waals surface area contributed by atoms with Crippen molar-refractivity contribution in [3.63, 3.8) is 0 Å². The van der Waals surface area contributed by atoms with Crippen LogP contribution in [0.4, 0.5) is 5.69 Å². The maximum absolute atomic E-state index is 13.9. The standard InChI is InChI=1S/C28H18BrN3O2/c29-21-13-10-19(11-14-21)26(33)25-22(16-30)28(17-31,27(34)20-7-2-1-3-8-20)24-15-12-18-6-4-5-9-23(18)32(24)25/h1-15,22,24-25H/t22-,24+,25+,28+/m1/s1. The summed E-state index contributed by atoms with van der Waals surface area (Å²) >= 11 is 3.38. The lowest BCUT2D eigenvalue weighted by molar-refractivity contribution is 0.0819. The molecule has 0 radical (unpaired) electrons. The van der Waals surface area contributed by atoms with Gasteiger partial charge in [-0.3, -0.25) is 9.59 Å². The Bertz CT molecular complexity index is 1400. The molecule has 6 heteroatoms. The lowest BCUT2D eigenvalue weighted by Gasteiger charge is -2.36. The molecule has 0 unspecified atom stereocenters. The van der Waals surface area contributed by atoms with Gasteiger partial charge in [-0.15, -0.1) is 0 Å². The highest BCUT2D eigenvalue weighted by molar-refractivity contribution is 9.10. The zero-order valence-corrected chi connectivity index (χ0v) is 19.5. The maximum atomic E-state index is 13.9. The SMILES string of the molecule is N#C[C@@H]1[C@@H](C(=O)c2ccc(Br)cc2)N2c3ccccc3C=C[C@H]2[C@@]1(C#N)C(=O)c1ccccc1. The second kappa shape index (κ2) is 8.41. The Morgan fingerprint density at radius 2 is 1.56 bits per heavy atom. The molecule has 5 rings (SSSR count). The molecule has 5 nitrogen and oxygen atoms in total. The van der Waals surface area contributed by atoms with E-state index in [4.69, 9.17) is 0 Å². The minimum atomic E-state index is -1.75. The largest absolute Gasteiger partial charge is 0.351 e. The topological polar surface area (TPSA) is 85.0 Å². The van der Waals surface area contributed by atoms with E-state index >= 15 is 0 Å². The Hall–Kier alpha value is -4.00. The van der Waals surface area contributed by atoms with Crippen LogP contribution in [0.1, 0.15) is 26.3 Å². The summed E-state index contributed by atoms with van der Waals surface area (Å²) in [5, 5.41) is 20.9. The van der Waals surface area contributed by atoms with Gasteiger partial charge in [0.25, 0.3) is 0 Å². The molecule has 0 saturated carbocycles. The summed E-state index contributed by atoms with van der Waals surface area (Å²) in [6, 6.07) is 25.6. The van der Waals surface area contributed by atoms with Crippen LogP contribution in [0.15, 0.2) is 89.4 Å². The quantitative estimate of drug-likeness (QED) is 0.438. The van der Waals surface area contributed by atoms with Crippen LogP contribution in [0.3, 0.4) is 0 Å². The third-order valence-corrected chi connectivity index (χ3v) is 7.21. The molecule has 3 aromatic carbocycles. The monoisotopic (exact) mass is 507 g/mol. The molecule has 0 amide bonds. The summed E-state index contributed by atoms with van der Waals surface area (Å²) < 4.78 is 0.821. The van der Waals surface area contributed by atoms with E-state index in [9.17, 15) is 20.1 Å². The van der Waals surface area contributed by atoms with E-state index in [1.165, 1.54) is 0 Å². The van der Waals surface area contributed by atoms with Crippen LogP contribution in [-0.4, -0.2) is 23.7 Å². The second-order valence-corrected chi connectivity index (χ2v) is 9.28. The molecule has 0 bridgehead atoms. The first-order valence-corrected chi connectivity index (χ1v) is 11.6. The van der Waals surface area contributed by atoms with Crippen LogP contribution >= 0.6 is 15.9 Å². The van der Waals surface area contributed by atoms with E-state index in [0.29, 0.717) is 11.1 Å². The number of carbonyl (C=O) groups is 2. The molecule has 164 valence electrons. The van der Waals surface area contributed by atoms with Gasteiger partial charge in [0.2, 0.25) is 0 Å². The van der Waals surface area contributed by atoms with Gasteiger partial charge in [0.15, 0.2) is 17.0 Å². The van der Waals surface area contributed by atoms with Gasteiger partial charge < -0.3 is 4.90 Å². The van der Waals surface area contributed by atoms with Crippen molar-refractivity contribution in [1.82, 2.24) is 0 Å². The van der Waals surface area contributed by atoms with Crippen LogP contribution < -0.4 is 4.90 Å². The first-order valence-electron chi connectivity index (χ1n) is 10.8. The van der Waals surface area contributed by atoms with E-state index < -0.39 is 29.2 Å². The van der Waals surface area contributed by atoms with Crippen molar-refractivity contribution in [2.45, 2.75) is 12.1 Å². The Labute approximate surface area is 205 Å². The first kappa shape index (κ1) is 21.8.